The quantitative estimate of drug-likeness (QED) is 0.149. The standard InChI is InChI=1S/C17H27N7O7/c1-8(22-15(28)10(18)2-3-13(19)26)14(27)24-12(6-25)16(29)23-11(17(30)31)4-9-5-20-7-21-9/h5,7-8,10-12,25H,2-4,6,18H2,1H3,(H2,19,26)(H,20,21)(H,22,28)(H,23,29)(H,24,27)(H,30,31). The number of aliphatic carboxylic acids is 1. The molecular weight excluding hydrogens is 414 g/mol. The lowest BCUT2D eigenvalue weighted by atomic mass is 10.1. The van der Waals surface area contributed by atoms with Crippen molar-refractivity contribution in [1.29, 1.82) is 0 Å². The predicted molar refractivity (Wildman–Crippen MR) is 105 cm³/mol. The number of amides is 4. The van der Waals surface area contributed by atoms with Gasteiger partial charge in [0.15, 0.2) is 0 Å². The fraction of sp³-hybridized carbons (Fsp3) is 0.529. The smallest absolute Gasteiger partial charge is 0.326 e. The summed E-state index contributed by atoms with van der Waals surface area (Å²) < 4.78 is 0. The van der Waals surface area contributed by atoms with E-state index < -0.39 is 60.4 Å². The van der Waals surface area contributed by atoms with Crippen molar-refractivity contribution >= 4 is 29.6 Å². The highest BCUT2D eigenvalue weighted by Crippen LogP contribution is 2.00. The number of nitrogens with one attached hydrogen (secondary N) is 4. The Morgan fingerprint density at radius 1 is 1.10 bits per heavy atom. The minimum Gasteiger partial charge on any atom is -0.480 e. The van der Waals surface area contributed by atoms with Gasteiger partial charge in [-0.1, -0.05) is 0 Å². The lowest BCUT2D eigenvalue weighted by molar-refractivity contribution is -0.142. The molecule has 14 nitrogen and oxygen atoms in total. The summed E-state index contributed by atoms with van der Waals surface area (Å²) in [5.41, 5.74) is 11.1. The number of carbonyl (C=O) groups excluding carboxylic acids is 4. The average Bonchev–Trinajstić information content (AvgIpc) is 3.22. The maximum atomic E-state index is 12.3. The summed E-state index contributed by atoms with van der Waals surface area (Å²) in [6.45, 7) is 0.505. The van der Waals surface area contributed by atoms with Crippen LogP contribution in [0.1, 0.15) is 25.5 Å². The van der Waals surface area contributed by atoms with Gasteiger partial charge in [0, 0.05) is 24.7 Å². The number of hydrogen-bond acceptors (Lipinski definition) is 8. The van der Waals surface area contributed by atoms with Crippen LogP contribution in [0.4, 0.5) is 0 Å². The van der Waals surface area contributed by atoms with Gasteiger partial charge >= 0.3 is 5.97 Å². The van der Waals surface area contributed by atoms with E-state index in [1.54, 1.807) is 0 Å². The van der Waals surface area contributed by atoms with Crippen molar-refractivity contribution in [2.24, 2.45) is 11.5 Å². The topological polar surface area (TPSA) is 243 Å². The second-order valence-electron chi connectivity index (χ2n) is 6.77. The highest BCUT2D eigenvalue weighted by Gasteiger charge is 2.28. The summed E-state index contributed by atoms with van der Waals surface area (Å²) in [6, 6.07) is -4.99. The summed E-state index contributed by atoms with van der Waals surface area (Å²) in [5.74, 6) is -4.40. The van der Waals surface area contributed by atoms with Gasteiger partial charge < -0.3 is 42.6 Å². The number of aromatic amines is 1. The molecule has 4 amide bonds. The summed E-state index contributed by atoms with van der Waals surface area (Å²) in [7, 11) is 0. The van der Waals surface area contributed by atoms with Crippen molar-refractivity contribution in [3.63, 3.8) is 0 Å². The molecule has 0 aliphatic carbocycles. The van der Waals surface area contributed by atoms with E-state index in [9.17, 15) is 34.2 Å². The number of aliphatic hydroxyl groups excluding tert-OH is 1. The average molecular weight is 441 g/mol. The molecule has 172 valence electrons. The van der Waals surface area contributed by atoms with Gasteiger partial charge in [0.2, 0.25) is 23.6 Å². The zero-order valence-corrected chi connectivity index (χ0v) is 16.8. The minimum absolute atomic E-state index is 0.00984. The zero-order chi connectivity index (χ0) is 23.6. The van der Waals surface area contributed by atoms with Crippen LogP contribution >= 0.6 is 0 Å². The Labute approximate surface area is 177 Å². The SMILES string of the molecule is CC(NC(=O)C(N)CCC(N)=O)C(=O)NC(CO)C(=O)NC(Cc1cnc[nH]1)C(=O)O. The fourth-order valence-corrected chi connectivity index (χ4v) is 2.39. The van der Waals surface area contributed by atoms with Crippen LogP contribution in [0.25, 0.3) is 0 Å². The Balaban J connectivity index is 2.63. The molecule has 10 N–H and O–H groups in total. The van der Waals surface area contributed by atoms with Gasteiger partial charge in [-0.3, -0.25) is 19.2 Å². The van der Waals surface area contributed by atoms with Crippen molar-refractivity contribution in [3.8, 4) is 0 Å². The second-order valence-corrected chi connectivity index (χ2v) is 6.77. The molecule has 0 bridgehead atoms. The van der Waals surface area contributed by atoms with Crippen LogP contribution in [-0.2, 0) is 30.4 Å². The number of carboxylic acid groups (broad SMARTS) is 1. The Morgan fingerprint density at radius 3 is 2.26 bits per heavy atom. The van der Waals surface area contributed by atoms with E-state index >= 15 is 0 Å². The number of hydrogen-bond donors (Lipinski definition) is 8. The van der Waals surface area contributed by atoms with Gasteiger partial charge in [-0.05, 0) is 13.3 Å². The third-order valence-corrected chi connectivity index (χ3v) is 4.20. The molecular formula is C17H27N7O7. The minimum atomic E-state index is -1.46. The van der Waals surface area contributed by atoms with Gasteiger partial charge in [-0.2, -0.15) is 0 Å². The Morgan fingerprint density at radius 2 is 1.74 bits per heavy atom. The summed E-state index contributed by atoms with van der Waals surface area (Å²) in [5, 5.41) is 25.5. The van der Waals surface area contributed by atoms with Gasteiger partial charge in [0.1, 0.15) is 18.1 Å². The molecule has 0 fully saturated rings. The molecule has 0 saturated carbocycles. The van der Waals surface area contributed by atoms with Crippen LogP contribution in [0.2, 0.25) is 0 Å². The van der Waals surface area contributed by atoms with E-state index in [1.807, 2.05) is 0 Å². The molecule has 0 aromatic carbocycles. The fourth-order valence-electron chi connectivity index (χ4n) is 2.39. The first-order chi connectivity index (χ1) is 14.5. The summed E-state index contributed by atoms with van der Waals surface area (Å²) in [6.07, 6.45) is 2.53. The first kappa shape index (κ1) is 25.5. The number of aliphatic hydroxyl groups is 1. The number of imidazole rings is 1. The molecule has 1 rings (SSSR count). The molecule has 0 aliphatic heterocycles. The predicted octanol–water partition coefficient (Wildman–Crippen LogP) is -3.90. The number of primary amides is 1. The van der Waals surface area contributed by atoms with Gasteiger partial charge in [0.05, 0.1) is 19.0 Å². The van der Waals surface area contributed by atoms with Crippen molar-refractivity contribution in [3.05, 3.63) is 18.2 Å². The van der Waals surface area contributed by atoms with Gasteiger partial charge in [0.25, 0.3) is 0 Å². The number of carboxylic acids is 1. The van der Waals surface area contributed by atoms with E-state index in [2.05, 4.69) is 25.9 Å². The first-order valence-electron chi connectivity index (χ1n) is 9.31. The Kier molecular flexibility index (Phi) is 10.1. The second kappa shape index (κ2) is 12.2. The van der Waals surface area contributed by atoms with Crippen molar-refractivity contribution in [1.82, 2.24) is 25.9 Å². The molecule has 0 spiro atoms. The van der Waals surface area contributed by atoms with Crippen LogP contribution in [0.15, 0.2) is 12.5 Å². The van der Waals surface area contributed by atoms with Crippen LogP contribution < -0.4 is 27.4 Å². The number of rotatable bonds is 13. The Bertz CT molecular complexity index is 784. The Hall–Kier alpha value is -3.52. The summed E-state index contributed by atoms with van der Waals surface area (Å²) >= 11 is 0. The van der Waals surface area contributed by atoms with Crippen LogP contribution in [0, 0.1) is 0 Å². The van der Waals surface area contributed by atoms with E-state index in [4.69, 9.17) is 11.5 Å². The maximum Gasteiger partial charge on any atom is 0.326 e. The largest absolute Gasteiger partial charge is 0.480 e. The zero-order valence-electron chi connectivity index (χ0n) is 16.8. The number of aromatic nitrogens is 2. The van der Waals surface area contributed by atoms with Crippen LogP contribution in [-0.4, -0.2) is 80.6 Å². The van der Waals surface area contributed by atoms with Crippen molar-refractivity contribution < 1.29 is 34.2 Å². The molecule has 0 aliphatic rings. The lowest BCUT2D eigenvalue weighted by Gasteiger charge is -2.22. The van der Waals surface area contributed by atoms with E-state index in [0.29, 0.717) is 5.69 Å². The molecule has 1 heterocycles. The summed E-state index contributed by atoms with van der Waals surface area (Å²) in [4.78, 5) is 65.2. The van der Waals surface area contributed by atoms with Crippen LogP contribution in [0.3, 0.4) is 0 Å². The molecule has 4 unspecified atom stereocenters. The molecule has 0 saturated heterocycles. The third-order valence-electron chi connectivity index (χ3n) is 4.20. The molecule has 1 aromatic heterocycles. The maximum absolute atomic E-state index is 12.3. The highest BCUT2D eigenvalue weighted by atomic mass is 16.4. The van der Waals surface area contributed by atoms with Gasteiger partial charge in [-0.25, -0.2) is 9.78 Å². The third kappa shape index (κ3) is 8.79. The highest BCUT2D eigenvalue weighted by molar-refractivity contribution is 5.94. The van der Waals surface area contributed by atoms with Gasteiger partial charge in [-0.15, -0.1) is 0 Å². The van der Waals surface area contributed by atoms with E-state index in [0.717, 1.165) is 0 Å². The molecule has 4 atom stereocenters. The number of carbonyl (C=O) groups is 5. The molecule has 31 heavy (non-hydrogen) atoms. The monoisotopic (exact) mass is 441 g/mol. The molecule has 0 radical (unpaired) electrons. The lowest BCUT2D eigenvalue weighted by Crippen LogP contribution is -2.57. The van der Waals surface area contributed by atoms with E-state index in [-0.39, 0.29) is 19.3 Å². The van der Waals surface area contributed by atoms with Crippen LogP contribution in [0.5, 0.6) is 0 Å². The van der Waals surface area contributed by atoms with Crippen molar-refractivity contribution in [2.75, 3.05) is 6.61 Å². The molecule has 1 aromatic rings. The number of H-pyrrole nitrogens is 1. The molecule has 14 heteroatoms. The first-order valence-corrected chi connectivity index (χ1v) is 9.31. The normalized spacial score (nSPS) is 14.5. The van der Waals surface area contributed by atoms with E-state index in [1.165, 1.54) is 19.4 Å². The van der Waals surface area contributed by atoms with Crippen molar-refractivity contribution in [2.45, 2.75) is 50.4 Å². The number of nitrogens with two attached hydrogens (primary N) is 2. The number of nitrogens with zero attached hydrogens (tertiary/aromatic N) is 1.